The summed E-state index contributed by atoms with van der Waals surface area (Å²) in [6.45, 7) is 13.8. The van der Waals surface area contributed by atoms with Crippen molar-refractivity contribution >= 4 is 18.0 Å². The van der Waals surface area contributed by atoms with Crippen molar-refractivity contribution in [2.24, 2.45) is 50.2 Å². The fraction of sp³-hybridized carbons (Fsp3) is 0.707. The lowest BCUT2D eigenvalue weighted by molar-refractivity contribution is -0.249. The number of fused-ring (bicyclic) bond motifs is 7. The normalized spacial score (nSPS) is 43.1. The van der Waals surface area contributed by atoms with E-state index in [1.165, 1.54) is 11.6 Å². The quantitative estimate of drug-likeness (QED) is 0.184. The number of benzene rings is 1. The highest BCUT2D eigenvalue weighted by atomic mass is 16.6. The second-order valence-electron chi connectivity index (χ2n) is 17.8. The van der Waals surface area contributed by atoms with Gasteiger partial charge in [0.15, 0.2) is 0 Å². The maximum absolute atomic E-state index is 13.6. The summed E-state index contributed by atoms with van der Waals surface area (Å²) in [4.78, 5) is 26.7. The Morgan fingerprint density at radius 1 is 0.917 bits per heavy atom. The molecule has 1 aromatic rings. The molecule has 10 unspecified atom stereocenters. The Kier molecular flexibility index (Phi) is 8.80. The van der Waals surface area contributed by atoms with Crippen LogP contribution < -0.4 is 4.74 Å². The smallest absolute Gasteiger partial charge is 0.331 e. The Morgan fingerprint density at radius 2 is 1.60 bits per heavy atom. The highest BCUT2D eigenvalue weighted by Crippen LogP contribution is 2.76. The third kappa shape index (κ3) is 5.11. The number of carbonyl (C=O) groups excluding carboxylic acids is 2. The number of aliphatic hydroxyl groups is 2. The molecule has 2 N–H and O–H groups in total. The lowest BCUT2D eigenvalue weighted by atomic mass is 9.33. The molecule has 48 heavy (non-hydrogen) atoms. The zero-order valence-corrected chi connectivity index (χ0v) is 30.4. The maximum Gasteiger partial charge on any atom is 0.331 e. The maximum atomic E-state index is 13.6. The van der Waals surface area contributed by atoms with Gasteiger partial charge >= 0.3 is 11.9 Å². The Hall–Kier alpha value is -2.64. The van der Waals surface area contributed by atoms with E-state index in [9.17, 15) is 19.8 Å². The van der Waals surface area contributed by atoms with Crippen LogP contribution in [-0.2, 0) is 19.1 Å². The van der Waals surface area contributed by atoms with Gasteiger partial charge in [0, 0.05) is 11.5 Å². The Bertz CT molecular complexity index is 1480. The van der Waals surface area contributed by atoms with Crippen molar-refractivity contribution in [3.63, 3.8) is 0 Å². The number of methoxy groups -OCH3 is 2. The van der Waals surface area contributed by atoms with E-state index in [0.717, 1.165) is 62.7 Å². The molecule has 10 atom stereocenters. The summed E-state index contributed by atoms with van der Waals surface area (Å²) < 4.78 is 16.8. The van der Waals surface area contributed by atoms with Crippen molar-refractivity contribution in [3.05, 3.63) is 47.6 Å². The van der Waals surface area contributed by atoms with E-state index in [1.54, 1.807) is 20.3 Å². The van der Waals surface area contributed by atoms with Gasteiger partial charge in [-0.1, -0.05) is 65.3 Å². The van der Waals surface area contributed by atoms with Crippen LogP contribution >= 0.6 is 0 Å². The molecule has 1 aromatic carbocycles. The zero-order valence-electron chi connectivity index (χ0n) is 30.4. The SMILES string of the molecule is COC(=O)C12CCC(C)(C)CC1C1=CCC3C4(C)CC(O)C(OC(=O)C=Cc5ccc(OC)cc5)C(C)(CO)C4CCC3(C)C1(C)CC2. The van der Waals surface area contributed by atoms with Crippen LogP contribution in [0.2, 0.25) is 0 Å². The molecule has 0 radical (unpaired) electrons. The van der Waals surface area contributed by atoms with E-state index in [1.807, 2.05) is 31.2 Å². The second-order valence-corrected chi connectivity index (χ2v) is 17.8. The third-order valence-electron chi connectivity index (χ3n) is 15.1. The number of allylic oxidation sites excluding steroid dienone is 2. The van der Waals surface area contributed by atoms with Gasteiger partial charge in [-0.15, -0.1) is 0 Å². The van der Waals surface area contributed by atoms with Gasteiger partial charge in [-0.3, -0.25) is 4.79 Å². The molecule has 0 saturated heterocycles. The van der Waals surface area contributed by atoms with Gasteiger partial charge in [0.1, 0.15) is 11.9 Å². The van der Waals surface area contributed by atoms with Crippen LogP contribution in [0.3, 0.4) is 0 Å². The molecule has 0 aliphatic heterocycles. The first kappa shape index (κ1) is 35.2. The fourth-order valence-electron chi connectivity index (χ4n) is 12.2. The van der Waals surface area contributed by atoms with Crippen LogP contribution in [-0.4, -0.2) is 55.2 Å². The number of hydrogen-bond acceptors (Lipinski definition) is 7. The molecule has 4 fully saturated rings. The lowest BCUT2D eigenvalue weighted by Crippen LogP contribution is -2.68. The summed E-state index contributed by atoms with van der Waals surface area (Å²) in [6, 6.07) is 7.39. The van der Waals surface area contributed by atoms with E-state index in [0.29, 0.717) is 6.42 Å². The summed E-state index contributed by atoms with van der Waals surface area (Å²) in [7, 11) is 3.16. The number of carbonyl (C=O) groups is 2. The number of hydrogen-bond donors (Lipinski definition) is 2. The van der Waals surface area contributed by atoms with Gasteiger partial charge in [-0.2, -0.15) is 0 Å². The molecule has 7 nitrogen and oxygen atoms in total. The summed E-state index contributed by atoms with van der Waals surface area (Å²) in [5.74, 6) is 0.673. The van der Waals surface area contributed by atoms with Crippen LogP contribution in [0.4, 0.5) is 0 Å². The molecule has 264 valence electrons. The average Bonchev–Trinajstić information content (AvgIpc) is 3.05. The molecule has 0 heterocycles. The molecule has 7 heteroatoms. The van der Waals surface area contributed by atoms with Gasteiger partial charge in [0.2, 0.25) is 0 Å². The monoisotopic (exact) mass is 662 g/mol. The van der Waals surface area contributed by atoms with Crippen LogP contribution in [0.1, 0.15) is 105 Å². The topological polar surface area (TPSA) is 102 Å². The van der Waals surface area contributed by atoms with Gasteiger partial charge in [-0.25, -0.2) is 4.79 Å². The minimum Gasteiger partial charge on any atom is -0.497 e. The van der Waals surface area contributed by atoms with Crippen molar-refractivity contribution in [1.82, 2.24) is 0 Å². The first-order valence-corrected chi connectivity index (χ1v) is 18.1. The molecule has 0 bridgehead atoms. The summed E-state index contributed by atoms with van der Waals surface area (Å²) >= 11 is 0. The molecule has 5 aliphatic rings. The van der Waals surface area contributed by atoms with E-state index in [-0.39, 0.29) is 52.0 Å². The van der Waals surface area contributed by atoms with Gasteiger partial charge in [-0.05, 0) is 121 Å². The molecule has 4 saturated carbocycles. The molecule has 0 spiro atoms. The van der Waals surface area contributed by atoms with E-state index < -0.39 is 29.0 Å². The highest BCUT2D eigenvalue weighted by molar-refractivity contribution is 5.87. The highest BCUT2D eigenvalue weighted by Gasteiger charge is 2.71. The van der Waals surface area contributed by atoms with Gasteiger partial charge in [0.25, 0.3) is 0 Å². The average molecular weight is 663 g/mol. The minimum atomic E-state index is -0.903. The van der Waals surface area contributed by atoms with E-state index in [4.69, 9.17) is 14.2 Å². The molecule has 0 aromatic heterocycles. The third-order valence-corrected chi connectivity index (χ3v) is 15.1. The largest absolute Gasteiger partial charge is 0.497 e. The predicted octanol–water partition coefficient (Wildman–Crippen LogP) is 7.54. The van der Waals surface area contributed by atoms with Crippen molar-refractivity contribution in [2.75, 3.05) is 20.8 Å². The summed E-state index contributed by atoms with van der Waals surface area (Å²) in [5.41, 5.74) is 0.793. The van der Waals surface area contributed by atoms with Crippen LogP contribution in [0.25, 0.3) is 6.08 Å². The number of ether oxygens (including phenoxy) is 3. The van der Waals surface area contributed by atoms with Crippen molar-refractivity contribution < 1.29 is 34.0 Å². The number of esters is 2. The molecule has 6 rings (SSSR count). The van der Waals surface area contributed by atoms with Crippen LogP contribution in [0, 0.1) is 50.2 Å². The molecular weight excluding hydrogens is 604 g/mol. The molecule has 0 amide bonds. The second kappa shape index (κ2) is 12.0. The van der Waals surface area contributed by atoms with Crippen molar-refractivity contribution in [3.8, 4) is 5.75 Å². The van der Waals surface area contributed by atoms with Crippen molar-refractivity contribution in [1.29, 1.82) is 0 Å². The van der Waals surface area contributed by atoms with Crippen LogP contribution in [0.5, 0.6) is 5.75 Å². The first-order chi connectivity index (χ1) is 22.5. The summed E-state index contributed by atoms with van der Waals surface area (Å²) in [6.07, 6.45) is 11.8. The van der Waals surface area contributed by atoms with Crippen LogP contribution in [0.15, 0.2) is 42.0 Å². The molecule has 5 aliphatic carbocycles. The zero-order chi connectivity index (χ0) is 34.9. The standard InChI is InChI=1S/C41H58O7/c1-36(2)19-21-41(35(45)47-8)22-20-39(5)28(29(41)23-36)14-15-32-37(3)24-30(43)34(38(4,25-42)31(37)17-18-40(32,39)6)48-33(44)16-11-26-9-12-27(46-7)13-10-26/h9-14,16,29-32,34,42-43H,15,17-25H2,1-8H3. The lowest BCUT2D eigenvalue weighted by Gasteiger charge is -2.71. The Morgan fingerprint density at radius 3 is 2.25 bits per heavy atom. The van der Waals surface area contributed by atoms with E-state index >= 15 is 0 Å². The number of aliphatic hydroxyl groups excluding tert-OH is 2. The van der Waals surface area contributed by atoms with E-state index in [2.05, 4.69) is 40.7 Å². The Balaban J connectivity index is 1.30. The molecular formula is C41H58O7. The van der Waals surface area contributed by atoms with Gasteiger partial charge < -0.3 is 24.4 Å². The first-order valence-electron chi connectivity index (χ1n) is 18.1. The minimum absolute atomic E-state index is 0.0394. The fourth-order valence-corrected chi connectivity index (χ4v) is 12.2. The predicted molar refractivity (Wildman–Crippen MR) is 186 cm³/mol. The number of rotatable bonds is 6. The van der Waals surface area contributed by atoms with Crippen molar-refractivity contribution in [2.45, 2.75) is 112 Å². The van der Waals surface area contributed by atoms with Gasteiger partial charge in [0.05, 0.1) is 32.3 Å². The summed E-state index contributed by atoms with van der Waals surface area (Å²) in [5, 5.41) is 22.9. The Labute approximate surface area is 287 Å².